The number of piperazine rings is 1. The molecule has 1 saturated heterocycles. The van der Waals surface area contributed by atoms with E-state index in [1.807, 2.05) is 0 Å². The van der Waals surface area contributed by atoms with E-state index in [2.05, 4.69) is 15.1 Å². The lowest BCUT2D eigenvalue weighted by atomic mass is 10.2. The molecule has 0 saturated carbocycles. The first-order valence-electron chi connectivity index (χ1n) is 8.49. The van der Waals surface area contributed by atoms with Crippen LogP contribution < -0.4 is 10.2 Å². The molecule has 1 aliphatic heterocycles. The molecular formula is C19H20F3N3O. The van der Waals surface area contributed by atoms with Crippen molar-refractivity contribution in [1.82, 2.24) is 4.90 Å². The van der Waals surface area contributed by atoms with Gasteiger partial charge >= 0.3 is 0 Å². The van der Waals surface area contributed by atoms with E-state index in [1.165, 1.54) is 18.2 Å². The second kappa shape index (κ2) is 8.23. The normalized spacial score (nSPS) is 15.1. The van der Waals surface area contributed by atoms with Gasteiger partial charge in [-0.05, 0) is 36.4 Å². The molecule has 0 spiro atoms. The number of halogens is 3. The highest BCUT2D eigenvalue weighted by atomic mass is 19.1. The molecule has 0 unspecified atom stereocenters. The highest BCUT2D eigenvalue weighted by Gasteiger charge is 2.18. The maximum absolute atomic E-state index is 13.5. The summed E-state index contributed by atoms with van der Waals surface area (Å²) in [7, 11) is 0. The first-order chi connectivity index (χ1) is 12.5. The Morgan fingerprint density at radius 1 is 0.923 bits per heavy atom. The van der Waals surface area contributed by atoms with Gasteiger partial charge in [-0.15, -0.1) is 0 Å². The van der Waals surface area contributed by atoms with E-state index in [4.69, 9.17) is 0 Å². The Morgan fingerprint density at radius 2 is 1.58 bits per heavy atom. The molecule has 7 heteroatoms. The number of hydrogen-bond donors (Lipinski definition) is 1. The fourth-order valence-electron chi connectivity index (χ4n) is 2.94. The van der Waals surface area contributed by atoms with Crippen LogP contribution in [0.2, 0.25) is 0 Å². The number of carbonyl (C=O) groups excluding carboxylic acids is 1. The van der Waals surface area contributed by atoms with E-state index in [0.29, 0.717) is 6.54 Å². The lowest BCUT2D eigenvalue weighted by Gasteiger charge is -2.36. The van der Waals surface area contributed by atoms with E-state index in [1.54, 1.807) is 12.1 Å². The SMILES string of the molecule is O=C(CCN1CCN(c2ccc(F)cc2)CC1)Nc1ccc(F)cc1F. The first-order valence-corrected chi connectivity index (χ1v) is 8.49. The van der Waals surface area contributed by atoms with Crippen molar-refractivity contribution in [2.24, 2.45) is 0 Å². The second-order valence-electron chi connectivity index (χ2n) is 6.23. The van der Waals surface area contributed by atoms with Crippen LogP contribution in [0.25, 0.3) is 0 Å². The van der Waals surface area contributed by atoms with Crippen molar-refractivity contribution in [1.29, 1.82) is 0 Å². The summed E-state index contributed by atoms with van der Waals surface area (Å²) in [6.07, 6.45) is 0.230. The summed E-state index contributed by atoms with van der Waals surface area (Å²) in [5, 5.41) is 2.46. The quantitative estimate of drug-likeness (QED) is 0.886. The smallest absolute Gasteiger partial charge is 0.225 e. The third kappa shape index (κ3) is 4.76. The number of hydrogen-bond acceptors (Lipinski definition) is 3. The number of anilines is 2. The number of rotatable bonds is 5. The van der Waals surface area contributed by atoms with Crippen molar-refractivity contribution in [3.8, 4) is 0 Å². The molecular weight excluding hydrogens is 343 g/mol. The summed E-state index contributed by atoms with van der Waals surface area (Å²) in [6.45, 7) is 3.72. The first kappa shape index (κ1) is 18.3. The maximum atomic E-state index is 13.5. The van der Waals surface area contributed by atoms with Gasteiger partial charge in [-0.1, -0.05) is 0 Å². The molecule has 0 aromatic heterocycles. The third-order valence-corrected chi connectivity index (χ3v) is 4.42. The van der Waals surface area contributed by atoms with Gasteiger partial charge in [-0.3, -0.25) is 9.69 Å². The van der Waals surface area contributed by atoms with Crippen LogP contribution in [0.5, 0.6) is 0 Å². The summed E-state index contributed by atoms with van der Waals surface area (Å²) in [5.41, 5.74) is 0.966. The number of amides is 1. The molecule has 0 radical (unpaired) electrons. The fraction of sp³-hybridized carbons (Fsp3) is 0.316. The van der Waals surface area contributed by atoms with Crippen molar-refractivity contribution in [2.45, 2.75) is 6.42 Å². The Labute approximate surface area is 150 Å². The zero-order valence-electron chi connectivity index (χ0n) is 14.2. The predicted molar refractivity (Wildman–Crippen MR) is 94.7 cm³/mol. The summed E-state index contributed by atoms with van der Waals surface area (Å²) < 4.78 is 39.4. The summed E-state index contributed by atoms with van der Waals surface area (Å²) in [6, 6.07) is 9.47. The van der Waals surface area contributed by atoms with Gasteiger partial charge < -0.3 is 10.2 Å². The van der Waals surface area contributed by atoms with Gasteiger partial charge in [0, 0.05) is 50.9 Å². The van der Waals surface area contributed by atoms with Crippen molar-refractivity contribution in [2.75, 3.05) is 42.9 Å². The molecule has 138 valence electrons. The molecule has 0 bridgehead atoms. The molecule has 1 N–H and O–H groups in total. The van der Waals surface area contributed by atoms with Crippen LogP contribution in [-0.4, -0.2) is 43.5 Å². The lowest BCUT2D eigenvalue weighted by molar-refractivity contribution is -0.116. The molecule has 0 atom stereocenters. The van der Waals surface area contributed by atoms with Gasteiger partial charge in [0.05, 0.1) is 5.69 Å². The van der Waals surface area contributed by atoms with Crippen molar-refractivity contribution in [3.63, 3.8) is 0 Å². The van der Waals surface area contributed by atoms with Gasteiger partial charge in [0.25, 0.3) is 0 Å². The molecule has 0 aliphatic carbocycles. The van der Waals surface area contributed by atoms with Gasteiger partial charge in [0.15, 0.2) is 0 Å². The fourth-order valence-corrected chi connectivity index (χ4v) is 2.94. The van der Waals surface area contributed by atoms with Crippen molar-refractivity contribution in [3.05, 3.63) is 59.9 Å². The molecule has 1 heterocycles. The molecule has 3 rings (SSSR count). The summed E-state index contributed by atoms with van der Waals surface area (Å²) >= 11 is 0. The number of nitrogens with one attached hydrogen (secondary N) is 1. The van der Waals surface area contributed by atoms with Gasteiger partial charge in [0.1, 0.15) is 17.5 Å². The Balaban J connectivity index is 1.43. The van der Waals surface area contributed by atoms with E-state index < -0.39 is 11.6 Å². The molecule has 2 aromatic rings. The zero-order chi connectivity index (χ0) is 18.5. The molecule has 1 aliphatic rings. The number of nitrogens with zero attached hydrogens (tertiary/aromatic N) is 2. The van der Waals surface area contributed by atoms with E-state index in [0.717, 1.165) is 44.0 Å². The number of carbonyl (C=O) groups is 1. The molecule has 2 aromatic carbocycles. The number of benzene rings is 2. The lowest BCUT2D eigenvalue weighted by Crippen LogP contribution is -2.47. The predicted octanol–water partition coefficient (Wildman–Crippen LogP) is 3.25. The minimum atomic E-state index is -0.786. The van der Waals surface area contributed by atoms with Gasteiger partial charge in [0.2, 0.25) is 5.91 Å². The average molecular weight is 363 g/mol. The van der Waals surface area contributed by atoms with Crippen molar-refractivity contribution < 1.29 is 18.0 Å². The highest BCUT2D eigenvalue weighted by Crippen LogP contribution is 2.18. The molecule has 26 heavy (non-hydrogen) atoms. The van der Waals surface area contributed by atoms with Crippen molar-refractivity contribution >= 4 is 17.3 Å². The maximum Gasteiger partial charge on any atom is 0.225 e. The van der Waals surface area contributed by atoms with Crippen LogP contribution >= 0.6 is 0 Å². The largest absolute Gasteiger partial charge is 0.369 e. The van der Waals surface area contributed by atoms with Gasteiger partial charge in [-0.2, -0.15) is 0 Å². The third-order valence-electron chi connectivity index (χ3n) is 4.42. The highest BCUT2D eigenvalue weighted by molar-refractivity contribution is 5.90. The molecule has 4 nitrogen and oxygen atoms in total. The van der Waals surface area contributed by atoms with Crippen LogP contribution in [0.4, 0.5) is 24.5 Å². The molecule has 1 amide bonds. The Hall–Kier alpha value is -2.54. The zero-order valence-corrected chi connectivity index (χ0v) is 14.2. The Morgan fingerprint density at radius 3 is 2.23 bits per heavy atom. The topological polar surface area (TPSA) is 35.6 Å². The van der Waals surface area contributed by atoms with E-state index in [-0.39, 0.29) is 23.8 Å². The van der Waals surface area contributed by atoms with E-state index in [9.17, 15) is 18.0 Å². The standard InChI is InChI=1S/C19H20F3N3O/c20-14-1-4-16(5-2-14)25-11-9-24(10-12-25)8-7-19(26)23-18-6-3-15(21)13-17(18)22/h1-6,13H,7-12H2,(H,23,26). The van der Waals surface area contributed by atoms with E-state index >= 15 is 0 Å². The Kier molecular flexibility index (Phi) is 5.78. The summed E-state index contributed by atoms with van der Waals surface area (Å²) in [5.74, 6) is -2.03. The second-order valence-corrected chi connectivity index (χ2v) is 6.23. The van der Waals surface area contributed by atoms with Gasteiger partial charge in [-0.25, -0.2) is 13.2 Å². The van der Waals surface area contributed by atoms with Crippen LogP contribution in [0.3, 0.4) is 0 Å². The minimum absolute atomic E-state index is 0.0162. The minimum Gasteiger partial charge on any atom is -0.369 e. The van der Waals surface area contributed by atoms with Crippen LogP contribution in [0.1, 0.15) is 6.42 Å². The Bertz CT molecular complexity index is 759. The average Bonchev–Trinajstić information content (AvgIpc) is 2.63. The summed E-state index contributed by atoms with van der Waals surface area (Å²) in [4.78, 5) is 16.3. The molecule has 1 fully saturated rings. The van der Waals surface area contributed by atoms with Crippen LogP contribution in [0, 0.1) is 17.5 Å². The van der Waals surface area contributed by atoms with Crippen LogP contribution in [-0.2, 0) is 4.79 Å². The van der Waals surface area contributed by atoms with Crippen LogP contribution in [0.15, 0.2) is 42.5 Å². The monoisotopic (exact) mass is 363 g/mol.